The first kappa shape index (κ1) is 5.36. The zero-order valence-corrected chi connectivity index (χ0v) is 6.16. The number of fused-ring (bicyclic) bond motifs is 3. The topological polar surface area (TPSA) is 0 Å². The lowest BCUT2D eigenvalue weighted by Crippen LogP contribution is -1.91. The lowest BCUT2D eigenvalue weighted by molar-refractivity contribution is 1.21. The van der Waals surface area contributed by atoms with E-state index in [0.29, 0.717) is 0 Å². The molecule has 2 aliphatic rings. The van der Waals surface area contributed by atoms with Crippen molar-refractivity contribution in [2.24, 2.45) is 0 Å². The van der Waals surface area contributed by atoms with E-state index < -0.39 is 0 Å². The SMILES string of the molecule is Cc1cc2ccc1SC2. The first-order valence-electron chi connectivity index (χ1n) is 3.08. The highest BCUT2D eigenvalue weighted by Crippen LogP contribution is 2.32. The largest absolute Gasteiger partial charge is 0.121 e. The van der Waals surface area contributed by atoms with Crippen molar-refractivity contribution in [1.29, 1.82) is 0 Å². The third kappa shape index (κ3) is 0.761. The van der Waals surface area contributed by atoms with Gasteiger partial charge in [-0.05, 0) is 24.1 Å². The molecule has 9 heavy (non-hydrogen) atoms. The Bertz CT molecular complexity index is 240. The van der Waals surface area contributed by atoms with Crippen molar-refractivity contribution in [3.8, 4) is 0 Å². The molecule has 0 atom stereocenters. The smallest absolute Gasteiger partial charge is 0.0232 e. The molecular formula is C8H8S. The molecular weight excluding hydrogens is 128 g/mol. The molecule has 0 aromatic heterocycles. The van der Waals surface area contributed by atoms with E-state index in [4.69, 9.17) is 0 Å². The monoisotopic (exact) mass is 136 g/mol. The molecule has 1 heteroatoms. The summed E-state index contributed by atoms with van der Waals surface area (Å²) < 4.78 is 0. The van der Waals surface area contributed by atoms with Crippen LogP contribution in [-0.4, -0.2) is 0 Å². The van der Waals surface area contributed by atoms with Gasteiger partial charge < -0.3 is 0 Å². The molecule has 0 amide bonds. The number of benzene rings is 1. The Balaban J connectivity index is 2.70. The Hall–Kier alpha value is -0.430. The van der Waals surface area contributed by atoms with E-state index in [2.05, 4.69) is 25.1 Å². The zero-order valence-electron chi connectivity index (χ0n) is 5.35. The summed E-state index contributed by atoms with van der Waals surface area (Å²) in [6.45, 7) is 2.17. The van der Waals surface area contributed by atoms with Gasteiger partial charge in [-0.15, -0.1) is 11.8 Å². The molecule has 0 fully saturated rings. The Morgan fingerprint density at radius 3 is 2.56 bits per heavy atom. The molecule has 0 radical (unpaired) electrons. The van der Waals surface area contributed by atoms with E-state index in [9.17, 15) is 0 Å². The summed E-state index contributed by atoms with van der Waals surface area (Å²) in [5.41, 5.74) is 2.90. The van der Waals surface area contributed by atoms with E-state index in [1.807, 2.05) is 11.8 Å². The summed E-state index contributed by atoms with van der Waals surface area (Å²) in [7, 11) is 0. The molecule has 0 N–H and O–H groups in total. The molecule has 1 aromatic rings. The van der Waals surface area contributed by atoms with Gasteiger partial charge in [0.15, 0.2) is 0 Å². The molecule has 0 nitrogen and oxygen atoms in total. The normalized spacial score (nSPS) is 14.3. The van der Waals surface area contributed by atoms with Crippen LogP contribution in [0.25, 0.3) is 0 Å². The van der Waals surface area contributed by atoms with Crippen molar-refractivity contribution in [3.63, 3.8) is 0 Å². The van der Waals surface area contributed by atoms with Gasteiger partial charge >= 0.3 is 0 Å². The minimum absolute atomic E-state index is 1.18. The number of rotatable bonds is 0. The van der Waals surface area contributed by atoms with Gasteiger partial charge in [0, 0.05) is 10.6 Å². The van der Waals surface area contributed by atoms with Crippen molar-refractivity contribution < 1.29 is 0 Å². The average molecular weight is 136 g/mol. The molecule has 0 unspecified atom stereocenters. The summed E-state index contributed by atoms with van der Waals surface area (Å²) >= 11 is 1.95. The predicted octanol–water partition coefficient (Wildman–Crippen LogP) is 2.60. The van der Waals surface area contributed by atoms with Gasteiger partial charge in [-0.1, -0.05) is 12.1 Å². The van der Waals surface area contributed by atoms with E-state index >= 15 is 0 Å². The number of hydrogen-bond acceptors (Lipinski definition) is 1. The molecule has 2 bridgehead atoms. The van der Waals surface area contributed by atoms with Crippen LogP contribution in [0.3, 0.4) is 0 Å². The predicted molar refractivity (Wildman–Crippen MR) is 40.7 cm³/mol. The van der Waals surface area contributed by atoms with E-state index in [1.165, 1.54) is 21.8 Å². The molecule has 0 saturated carbocycles. The zero-order chi connectivity index (χ0) is 6.27. The minimum atomic E-state index is 1.18. The molecule has 3 rings (SSSR count). The second-order valence-corrected chi connectivity index (χ2v) is 3.41. The third-order valence-electron chi connectivity index (χ3n) is 1.63. The summed E-state index contributed by atoms with van der Waals surface area (Å²) in [4.78, 5) is 1.45. The Morgan fingerprint density at radius 2 is 2.33 bits per heavy atom. The first-order valence-corrected chi connectivity index (χ1v) is 4.07. The minimum Gasteiger partial charge on any atom is -0.121 e. The van der Waals surface area contributed by atoms with Gasteiger partial charge in [-0.25, -0.2) is 0 Å². The summed E-state index contributed by atoms with van der Waals surface area (Å²) in [6.07, 6.45) is 0. The van der Waals surface area contributed by atoms with E-state index in [0.717, 1.165) is 0 Å². The Morgan fingerprint density at radius 1 is 1.44 bits per heavy atom. The molecule has 46 valence electrons. The van der Waals surface area contributed by atoms with Gasteiger partial charge in [-0.2, -0.15) is 0 Å². The van der Waals surface area contributed by atoms with Crippen LogP contribution in [-0.2, 0) is 5.75 Å². The summed E-state index contributed by atoms with van der Waals surface area (Å²) in [5.74, 6) is 1.18. The van der Waals surface area contributed by atoms with Crippen molar-refractivity contribution in [2.75, 3.05) is 0 Å². The van der Waals surface area contributed by atoms with Crippen LogP contribution in [0.4, 0.5) is 0 Å². The number of aryl methyl sites for hydroxylation is 1. The van der Waals surface area contributed by atoms with Gasteiger partial charge in [0.05, 0.1) is 0 Å². The maximum atomic E-state index is 2.27. The average Bonchev–Trinajstić information content (AvgIpc) is 1.90. The van der Waals surface area contributed by atoms with Crippen LogP contribution in [0.5, 0.6) is 0 Å². The lowest BCUT2D eigenvalue weighted by atomic mass is 10.1. The molecule has 1 aromatic carbocycles. The van der Waals surface area contributed by atoms with Crippen molar-refractivity contribution in [2.45, 2.75) is 17.6 Å². The van der Waals surface area contributed by atoms with Gasteiger partial charge in [0.25, 0.3) is 0 Å². The van der Waals surface area contributed by atoms with E-state index in [1.54, 1.807) is 0 Å². The van der Waals surface area contributed by atoms with Crippen LogP contribution in [0, 0.1) is 6.92 Å². The van der Waals surface area contributed by atoms with Crippen LogP contribution < -0.4 is 0 Å². The second-order valence-electron chi connectivity index (χ2n) is 2.39. The summed E-state index contributed by atoms with van der Waals surface area (Å²) in [5, 5.41) is 0. The maximum Gasteiger partial charge on any atom is 0.0232 e. The fraction of sp³-hybridized carbons (Fsp3) is 0.250. The van der Waals surface area contributed by atoms with Gasteiger partial charge in [0.2, 0.25) is 0 Å². The highest BCUT2D eigenvalue weighted by atomic mass is 32.2. The molecule has 0 aliphatic carbocycles. The molecule has 0 spiro atoms. The fourth-order valence-electron chi connectivity index (χ4n) is 1.12. The quantitative estimate of drug-likeness (QED) is 0.528. The van der Waals surface area contributed by atoms with Crippen LogP contribution in [0.1, 0.15) is 11.1 Å². The fourth-order valence-corrected chi connectivity index (χ4v) is 2.08. The van der Waals surface area contributed by atoms with Crippen molar-refractivity contribution in [3.05, 3.63) is 29.3 Å². The number of thioether (sulfide) groups is 1. The van der Waals surface area contributed by atoms with Gasteiger partial charge in [0.1, 0.15) is 0 Å². The van der Waals surface area contributed by atoms with Crippen LogP contribution in [0.2, 0.25) is 0 Å². The Kier molecular flexibility index (Phi) is 1.06. The van der Waals surface area contributed by atoms with Crippen molar-refractivity contribution >= 4 is 11.8 Å². The Labute approximate surface area is 59.3 Å². The van der Waals surface area contributed by atoms with Crippen LogP contribution >= 0.6 is 11.8 Å². The number of hydrogen-bond donors (Lipinski definition) is 0. The third-order valence-corrected chi connectivity index (χ3v) is 2.88. The highest BCUT2D eigenvalue weighted by Gasteiger charge is 2.06. The highest BCUT2D eigenvalue weighted by molar-refractivity contribution is 7.98. The standard InChI is InChI=1S/C8H8S/c1-6-4-7-2-3-8(6)9-5-7/h2-4H,5H2,1H3. The molecule has 2 aliphatic heterocycles. The van der Waals surface area contributed by atoms with Crippen molar-refractivity contribution in [1.82, 2.24) is 0 Å². The van der Waals surface area contributed by atoms with Crippen LogP contribution in [0.15, 0.2) is 23.1 Å². The maximum absolute atomic E-state index is 2.27. The second kappa shape index (κ2) is 1.77. The summed E-state index contributed by atoms with van der Waals surface area (Å²) in [6, 6.07) is 6.68. The lowest BCUT2D eigenvalue weighted by Gasteiger charge is -2.13. The molecule has 0 saturated heterocycles. The van der Waals surface area contributed by atoms with E-state index in [-0.39, 0.29) is 0 Å². The van der Waals surface area contributed by atoms with Gasteiger partial charge in [-0.3, -0.25) is 0 Å². The first-order chi connectivity index (χ1) is 4.36. The molecule has 2 heterocycles.